The molecular formula is C31H34Cl2N4O5S2. The summed E-state index contributed by atoms with van der Waals surface area (Å²) in [7, 11) is 1.68. The average molecular weight is 678 g/mol. The first-order valence-corrected chi connectivity index (χ1v) is 17.6. The van der Waals surface area contributed by atoms with E-state index in [1.165, 1.54) is 11.3 Å². The largest absolute Gasteiger partial charge is 0.598 e. The molecule has 0 spiro atoms. The first kappa shape index (κ1) is 32.7. The minimum atomic E-state index is -1.30. The number of esters is 1. The van der Waals surface area contributed by atoms with Crippen molar-refractivity contribution in [3.8, 4) is 0 Å². The van der Waals surface area contributed by atoms with Crippen molar-refractivity contribution < 1.29 is 23.7 Å². The topological polar surface area (TPSA) is 115 Å². The Balaban J connectivity index is 1.60. The molecule has 5 atom stereocenters. The summed E-state index contributed by atoms with van der Waals surface area (Å²) in [6, 6.07) is 11.0. The van der Waals surface area contributed by atoms with E-state index in [2.05, 4.69) is 9.71 Å². The van der Waals surface area contributed by atoms with Crippen molar-refractivity contribution in [2.75, 3.05) is 19.9 Å². The highest BCUT2D eigenvalue weighted by molar-refractivity contribution is 7.88. The van der Waals surface area contributed by atoms with Gasteiger partial charge in [-0.15, -0.1) is 16.1 Å². The number of nitrogens with zero attached hydrogens (tertiary/aromatic N) is 3. The highest BCUT2D eigenvalue weighted by Crippen LogP contribution is 2.48. The molecule has 0 saturated heterocycles. The molecule has 1 aliphatic heterocycles. The van der Waals surface area contributed by atoms with E-state index in [9.17, 15) is 18.9 Å². The molecule has 1 saturated carbocycles. The highest BCUT2D eigenvalue weighted by Gasteiger charge is 2.50. The normalized spacial score (nSPS) is 22.3. The number of fused-ring (bicyclic) bond motifs is 1. The summed E-state index contributed by atoms with van der Waals surface area (Å²) in [5.41, 5.74) is 1.85. The van der Waals surface area contributed by atoms with Crippen LogP contribution in [-0.4, -0.2) is 69.1 Å². The third kappa shape index (κ3) is 6.78. The van der Waals surface area contributed by atoms with Crippen LogP contribution in [0.4, 0.5) is 0 Å². The number of hydrogen-bond donors (Lipinski definition) is 1. The van der Waals surface area contributed by atoms with Crippen molar-refractivity contribution in [1.29, 1.82) is 0 Å². The van der Waals surface area contributed by atoms with Gasteiger partial charge < -0.3 is 19.1 Å². The van der Waals surface area contributed by atoms with Gasteiger partial charge in [-0.2, -0.15) is 0 Å². The van der Waals surface area contributed by atoms with Gasteiger partial charge in [-0.05, 0) is 49.1 Å². The third-order valence-corrected chi connectivity index (χ3v) is 10.1. The number of hydrogen-bond acceptors (Lipinski definition) is 8. The molecule has 9 nitrogen and oxygen atoms in total. The van der Waals surface area contributed by atoms with Gasteiger partial charge in [0, 0.05) is 39.4 Å². The summed E-state index contributed by atoms with van der Waals surface area (Å²) in [5, 5.41) is 2.97. The lowest BCUT2D eigenvalue weighted by atomic mass is 9.76. The van der Waals surface area contributed by atoms with Crippen molar-refractivity contribution in [3.05, 3.63) is 85.3 Å². The molecule has 1 fully saturated rings. The second-order valence-electron chi connectivity index (χ2n) is 11.0. The number of thiazole rings is 1. The van der Waals surface area contributed by atoms with Crippen LogP contribution in [0, 0.1) is 0 Å². The van der Waals surface area contributed by atoms with Crippen LogP contribution in [0.5, 0.6) is 0 Å². The van der Waals surface area contributed by atoms with Crippen LogP contribution in [0.1, 0.15) is 81.5 Å². The summed E-state index contributed by atoms with van der Waals surface area (Å²) in [5.74, 6) is -1.77. The number of ether oxygens (including phenoxy) is 1. The Hall–Kier alpha value is -2.67. The average Bonchev–Trinajstić information content (AvgIpc) is 3.46. The monoisotopic (exact) mass is 676 g/mol. The molecule has 2 aromatic carbocycles. The molecule has 13 heteroatoms. The summed E-state index contributed by atoms with van der Waals surface area (Å²) in [6.07, 6.45) is 4.82. The Morgan fingerprint density at radius 2 is 1.93 bits per heavy atom. The van der Waals surface area contributed by atoms with Crippen LogP contribution in [0.15, 0.2) is 47.8 Å². The molecule has 44 heavy (non-hydrogen) atoms. The van der Waals surface area contributed by atoms with E-state index in [1.54, 1.807) is 65.7 Å². The van der Waals surface area contributed by atoms with Gasteiger partial charge in [0.15, 0.2) is 5.69 Å². The summed E-state index contributed by atoms with van der Waals surface area (Å²) < 4.78 is 20.6. The second-order valence-corrected chi connectivity index (χ2v) is 13.9. The van der Waals surface area contributed by atoms with Crippen molar-refractivity contribution in [1.82, 2.24) is 19.5 Å². The maximum absolute atomic E-state index is 14.6. The Bertz CT molecular complexity index is 1540. The summed E-state index contributed by atoms with van der Waals surface area (Å²) in [4.78, 5) is 49.0. The van der Waals surface area contributed by atoms with Gasteiger partial charge >= 0.3 is 5.97 Å². The fraction of sp³-hybridized carbons (Fsp3) is 0.419. The summed E-state index contributed by atoms with van der Waals surface area (Å²) in [6.45, 7) is 2.11. The number of nitrogens with one attached hydrogen (secondary N) is 1. The lowest BCUT2D eigenvalue weighted by molar-refractivity contribution is -0.134. The van der Waals surface area contributed by atoms with E-state index in [-0.39, 0.29) is 42.7 Å². The van der Waals surface area contributed by atoms with Crippen molar-refractivity contribution in [2.24, 2.45) is 0 Å². The van der Waals surface area contributed by atoms with Gasteiger partial charge in [0.05, 0.1) is 37.2 Å². The molecule has 1 N–H and O–H groups in total. The number of amides is 2. The van der Waals surface area contributed by atoms with E-state index in [0.717, 1.165) is 19.3 Å². The molecule has 2 heterocycles. The number of halogens is 2. The SMILES string of the molecule is CCOC(=O)c1csc(CN(C)C(=O)[C@@H]2c3ccccc3C(=O)N(C3CCCC[C@@H]3N[S+](C)[O-])[C@H]2c2ccc(Cl)cc2Cl)n1. The van der Waals surface area contributed by atoms with E-state index in [4.69, 9.17) is 27.9 Å². The molecule has 3 aromatic rings. The molecule has 5 rings (SSSR count). The zero-order valence-electron chi connectivity index (χ0n) is 24.6. The van der Waals surface area contributed by atoms with Crippen LogP contribution < -0.4 is 4.72 Å². The molecule has 2 aliphatic rings. The van der Waals surface area contributed by atoms with E-state index in [1.807, 2.05) is 12.1 Å². The first-order chi connectivity index (χ1) is 21.1. The fourth-order valence-electron chi connectivity index (χ4n) is 6.25. The van der Waals surface area contributed by atoms with E-state index >= 15 is 0 Å². The Kier molecular flexibility index (Phi) is 10.5. The maximum atomic E-state index is 14.6. The fourth-order valence-corrected chi connectivity index (χ4v) is 8.29. The van der Waals surface area contributed by atoms with Crippen LogP contribution >= 0.6 is 34.5 Å². The minimum absolute atomic E-state index is 0.152. The Morgan fingerprint density at radius 1 is 1.18 bits per heavy atom. The molecule has 0 radical (unpaired) electrons. The Morgan fingerprint density at radius 3 is 2.66 bits per heavy atom. The predicted molar refractivity (Wildman–Crippen MR) is 172 cm³/mol. The van der Waals surface area contributed by atoms with Crippen molar-refractivity contribution in [3.63, 3.8) is 0 Å². The quantitative estimate of drug-likeness (QED) is 0.226. The van der Waals surface area contributed by atoms with Crippen LogP contribution in [0.2, 0.25) is 10.0 Å². The number of carbonyl (C=O) groups is 3. The zero-order valence-corrected chi connectivity index (χ0v) is 27.8. The van der Waals surface area contributed by atoms with Gasteiger partial charge in [-0.25, -0.2) is 9.78 Å². The molecule has 234 valence electrons. The summed E-state index contributed by atoms with van der Waals surface area (Å²) >= 11 is 13.1. The predicted octanol–water partition coefficient (Wildman–Crippen LogP) is 5.76. The van der Waals surface area contributed by atoms with Gasteiger partial charge in [0.2, 0.25) is 5.91 Å². The van der Waals surface area contributed by atoms with Gasteiger partial charge in [-0.1, -0.05) is 60.3 Å². The molecule has 2 unspecified atom stereocenters. The number of benzene rings is 2. The number of carbonyl (C=O) groups excluding carboxylic acids is 3. The number of rotatable bonds is 9. The van der Waals surface area contributed by atoms with Gasteiger partial charge in [0.25, 0.3) is 5.91 Å². The van der Waals surface area contributed by atoms with Crippen LogP contribution in [-0.2, 0) is 27.4 Å². The van der Waals surface area contributed by atoms with Crippen LogP contribution in [0.25, 0.3) is 0 Å². The molecule has 0 bridgehead atoms. The molecule has 1 aromatic heterocycles. The molecular weight excluding hydrogens is 643 g/mol. The number of likely N-dealkylation sites (N-methyl/N-ethyl adjacent to an activating group) is 1. The van der Waals surface area contributed by atoms with Crippen molar-refractivity contribution >= 4 is 63.7 Å². The maximum Gasteiger partial charge on any atom is 0.357 e. The molecule has 1 aliphatic carbocycles. The van der Waals surface area contributed by atoms with Crippen molar-refractivity contribution in [2.45, 2.75) is 63.2 Å². The van der Waals surface area contributed by atoms with Gasteiger partial charge in [0.1, 0.15) is 11.3 Å². The van der Waals surface area contributed by atoms with E-state index < -0.39 is 29.3 Å². The lowest BCUT2D eigenvalue weighted by Gasteiger charge is -2.49. The lowest BCUT2D eigenvalue weighted by Crippen LogP contribution is -2.59. The minimum Gasteiger partial charge on any atom is -0.598 e. The standard InChI is InChI=1S/C31H34Cl2N4O5S2/c1-4-42-31(40)24-17-43-26(34-24)16-36(2)30(39)27-19-9-5-6-10-20(19)29(38)37(25-12-8-7-11-23(25)35-44(3)41)28(27)21-14-13-18(32)15-22(21)33/h5-6,9-10,13-15,17,23,25,27-28,35H,4,7-8,11-12,16H2,1-3H3/t23-,25?,27+,28-,44?/m0/s1. The highest BCUT2D eigenvalue weighted by atomic mass is 35.5. The van der Waals surface area contributed by atoms with E-state index in [0.29, 0.717) is 38.2 Å². The Labute approximate surface area is 274 Å². The second kappa shape index (κ2) is 14.2. The molecule has 2 amide bonds. The first-order valence-electron chi connectivity index (χ1n) is 14.4. The van der Waals surface area contributed by atoms with Gasteiger partial charge in [-0.3, -0.25) is 9.59 Å². The van der Waals surface area contributed by atoms with Crippen LogP contribution in [0.3, 0.4) is 0 Å². The number of aromatic nitrogens is 1. The smallest absolute Gasteiger partial charge is 0.357 e. The zero-order chi connectivity index (χ0) is 31.5. The third-order valence-electron chi connectivity index (χ3n) is 8.11.